The van der Waals surface area contributed by atoms with Crippen molar-refractivity contribution in [2.75, 3.05) is 0 Å². The molecule has 1 aromatic heterocycles. The van der Waals surface area contributed by atoms with Crippen LogP contribution in [0.25, 0.3) is 33.2 Å². The molecule has 1 heteroatoms. The lowest BCUT2D eigenvalue weighted by atomic mass is 9.54. The summed E-state index contributed by atoms with van der Waals surface area (Å²) in [5.74, 6) is 0. The van der Waals surface area contributed by atoms with Gasteiger partial charge in [0.15, 0.2) is 6.20 Å². The van der Waals surface area contributed by atoms with Crippen LogP contribution in [0.4, 0.5) is 0 Å². The van der Waals surface area contributed by atoms with Gasteiger partial charge in [-0.15, -0.1) is 0 Å². The molecule has 3 aromatic carbocycles. The first-order valence-electron chi connectivity index (χ1n) is 12.5. The zero-order valence-electron chi connectivity index (χ0n) is 22.3. The van der Waals surface area contributed by atoms with E-state index in [-0.39, 0.29) is 10.8 Å². The molecule has 0 spiro atoms. The predicted molar refractivity (Wildman–Crippen MR) is 132 cm³/mol. The summed E-state index contributed by atoms with van der Waals surface area (Å²) in [5, 5.41) is 2.52. The van der Waals surface area contributed by atoms with Gasteiger partial charge in [0.25, 0.3) is 0 Å². The molecule has 0 aliphatic heterocycles. The summed E-state index contributed by atoms with van der Waals surface area (Å²) in [6.45, 7) is 9.53. The van der Waals surface area contributed by atoms with Crippen LogP contribution in [-0.4, -0.2) is 0 Å². The fraction of sp³-hybridized carbons (Fsp3) is 0.300. The second-order valence-corrected chi connectivity index (χ2v) is 10.1. The summed E-state index contributed by atoms with van der Waals surface area (Å²) < 4.78 is 25.2. The highest BCUT2D eigenvalue weighted by Gasteiger charge is 2.46. The molecule has 0 bridgehead atoms. The minimum Gasteiger partial charge on any atom is -0.201 e. The van der Waals surface area contributed by atoms with E-state index in [4.69, 9.17) is 4.11 Å². The molecule has 0 fully saturated rings. The molecule has 1 aliphatic carbocycles. The first kappa shape index (κ1) is 16.7. The van der Waals surface area contributed by atoms with Gasteiger partial charge in [0.1, 0.15) is 7.05 Å². The van der Waals surface area contributed by atoms with Crippen molar-refractivity contribution in [3.8, 4) is 22.4 Å². The van der Waals surface area contributed by atoms with Crippen LogP contribution < -0.4 is 4.57 Å². The second-order valence-electron chi connectivity index (χ2n) is 10.1. The third-order valence-electron chi connectivity index (χ3n) is 7.94. The maximum Gasteiger partial charge on any atom is 0.212 e. The summed E-state index contributed by atoms with van der Waals surface area (Å²) in [4.78, 5) is 0. The van der Waals surface area contributed by atoms with Gasteiger partial charge in [0.05, 0.1) is 0 Å². The second kappa shape index (κ2) is 6.53. The van der Waals surface area contributed by atoms with Crippen LogP contribution in [0.2, 0.25) is 0 Å². The van der Waals surface area contributed by atoms with Gasteiger partial charge in [0.2, 0.25) is 5.69 Å². The quantitative estimate of drug-likeness (QED) is 0.293. The fourth-order valence-electron chi connectivity index (χ4n) is 5.38. The van der Waals surface area contributed by atoms with Crippen molar-refractivity contribution in [1.29, 1.82) is 0 Å². The van der Waals surface area contributed by atoms with Crippen molar-refractivity contribution in [3.05, 3.63) is 89.1 Å². The van der Waals surface area contributed by atoms with Crippen LogP contribution in [0.15, 0.2) is 66.9 Å². The number of nitrogens with zero attached hydrogens (tertiary/aromatic N) is 1. The van der Waals surface area contributed by atoms with Crippen molar-refractivity contribution in [1.82, 2.24) is 0 Å². The molecule has 156 valence electrons. The molecular formula is C30H32N+. The van der Waals surface area contributed by atoms with Crippen molar-refractivity contribution in [2.45, 2.75) is 52.3 Å². The molecule has 31 heavy (non-hydrogen) atoms. The van der Waals surface area contributed by atoms with E-state index in [2.05, 4.69) is 83.1 Å². The van der Waals surface area contributed by atoms with Gasteiger partial charge in [-0.25, -0.2) is 4.57 Å². The molecule has 1 aliphatic rings. The van der Waals surface area contributed by atoms with E-state index < -0.39 is 6.85 Å². The zero-order chi connectivity index (χ0) is 24.6. The molecule has 1 nitrogen and oxygen atoms in total. The standard InChI is InChI=1S/C30H32N/c1-19-12-15-27(31(7)18-19)23-13-14-25-28(20(23)2)24-16-21-10-8-9-11-22(21)17-26(24)30(5,6)29(25,3)4/h8-18H,1-7H3/q+1/i1D3. The van der Waals surface area contributed by atoms with E-state index in [9.17, 15) is 0 Å². The largest absolute Gasteiger partial charge is 0.212 e. The molecule has 0 saturated carbocycles. The number of fused-ring (bicyclic) bond motifs is 4. The third-order valence-corrected chi connectivity index (χ3v) is 7.94. The van der Waals surface area contributed by atoms with Gasteiger partial charge in [-0.05, 0) is 87.5 Å². The van der Waals surface area contributed by atoms with Crippen molar-refractivity contribution in [3.63, 3.8) is 0 Å². The summed E-state index contributed by atoms with van der Waals surface area (Å²) in [6.07, 6.45) is 1.73. The van der Waals surface area contributed by atoms with E-state index in [1.807, 2.05) is 17.7 Å². The number of rotatable bonds is 1. The number of aryl methyl sites for hydroxylation is 2. The van der Waals surface area contributed by atoms with Crippen LogP contribution in [0.3, 0.4) is 0 Å². The van der Waals surface area contributed by atoms with Crippen LogP contribution >= 0.6 is 0 Å². The normalized spacial score (nSPS) is 17.9. The molecular weight excluding hydrogens is 374 g/mol. The highest BCUT2D eigenvalue weighted by atomic mass is 14.9. The molecule has 4 aromatic rings. The summed E-state index contributed by atoms with van der Waals surface area (Å²) >= 11 is 0. The van der Waals surface area contributed by atoms with Crippen LogP contribution in [0, 0.1) is 13.8 Å². The maximum absolute atomic E-state index is 7.76. The van der Waals surface area contributed by atoms with E-state index in [1.54, 1.807) is 12.3 Å². The van der Waals surface area contributed by atoms with Gasteiger partial charge >= 0.3 is 0 Å². The Morgan fingerprint density at radius 2 is 1.45 bits per heavy atom. The summed E-state index contributed by atoms with van der Waals surface area (Å²) in [5.41, 5.74) is 8.99. The molecule has 5 rings (SSSR count). The maximum atomic E-state index is 7.76. The molecule has 0 N–H and O–H groups in total. The molecule has 0 amide bonds. The Morgan fingerprint density at radius 3 is 2.13 bits per heavy atom. The lowest BCUT2D eigenvalue weighted by Gasteiger charge is -2.49. The number of aromatic nitrogens is 1. The number of hydrogen-bond donors (Lipinski definition) is 0. The summed E-state index contributed by atoms with van der Waals surface area (Å²) in [7, 11) is 1.93. The fourth-order valence-corrected chi connectivity index (χ4v) is 5.38. The van der Waals surface area contributed by atoms with E-state index in [0.717, 1.165) is 11.3 Å². The lowest BCUT2D eigenvalue weighted by molar-refractivity contribution is -0.660. The molecule has 0 radical (unpaired) electrons. The van der Waals surface area contributed by atoms with E-state index >= 15 is 0 Å². The Kier molecular flexibility index (Phi) is 3.52. The SMILES string of the molecule is [2H]C([2H])([2H])c1ccc(-c2ccc3c(c2C)-c2cc4ccccc4cc2C(C)(C)C3(C)C)[n+](C)c1. The van der Waals surface area contributed by atoms with E-state index in [0.29, 0.717) is 5.56 Å². The van der Waals surface area contributed by atoms with Crippen LogP contribution in [0.1, 0.15) is 54.1 Å². The number of hydrogen-bond acceptors (Lipinski definition) is 0. The van der Waals surface area contributed by atoms with Gasteiger partial charge < -0.3 is 0 Å². The summed E-state index contributed by atoms with van der Waals surface area (Å²) in [6, 6.07) is 21.5. The molecule has 1 heterocycles. The van der Waals surface area contributed by atoms with Gasteiger partial charge in [-0.3, -0.25) is 0 Å². The monoisotopic (exact) mass is 409 g/mol. The Balaban J connectivity index is 1.81. The molecule has 0 unspecified atom stereocenters. The number of benzene rings is 3. The third kappa shape index (κ3) is 2.72. The average Bonchev–Trinajstić information content (AvgIpc) is 2.76. The van der Waals surface area contributed by atoms with E-state index in [1.165, 1.54) is 38.6 Å². The minimum absolute atomic E-state index is 0.0423. The molecule has 0 saturated heterocycles. The Hall–Kier alpha value is -2.93. The Bertz CT molecular complexity index is 1460. The molecule has 0 atom stereocenters. The smallest absolute Gasteiger partial charge is 0.201 e. The Labute approximate surface area is 190 Å². The van der Waals surface area contributed by atoms with Crippen LogP contribution in [-0.2, 0) is 17.9 Å². The van der Waals surface area contributed by atoms with Gasteiger partial charge in [-0.1, -0.05) is 58.0 Å². The van der Waals surface area contributed by atoms with Crippen LogP contribution in [0.5, 0.6) is 0 Å². The van der Waals surface area contributed by atoms with Gasteiger partial charge in [0, 0.05) is 21.3 Å². The average molecular weight is 410 g/mol. The predicted octanol–water partition coefficient (Wildman–Crippen LogP) is 7.18. The lowest BCUT2D eigenvalue weighted by Crippen LogP contribution is -2.43. The van der Waals surface area contributed by atoms with Crippen molar-refractivity contribution >= 4 is 10.8 Å². The van der Waals surface area contributed by atoms with Crippen molar-refractivity contribution < 1.29 is 8.68 Å². The number of pyridine rings is 1. The highest BCUT2D eigenvalue weighted by Crippen LogP contribution is 2.56. The Morgan fingerprint density at radius 1 is 0.774 bits per heavy atom. The zero-order valence-corrected chi connectivity index (χ0v) is 19.3. The van der Waals surface area contributed by atoms with Crippen molar-refractivity contribution in [2.24, 2.45) is 7.05 Å². The van der Waals surface area contributed by atoms with Gasteiger partial charge in [-0.2, -0.15) is 0 Å². The topological polar surface area (TPSA) is 3.88 Å². The first-order valence-corrected chi connectivity index (χ1v) is 11.0. The minimum atomic E-state index is -2.11. The first-order chi connectivity index (χ1) is 15.8. The highest BCUT2D eigenvalue weighted by molar-refractivity contribution is 5.94.